The van der Waals surface area contributed by atoms with Crippen molar-refractivity contribution in [3.05, 3.63) is 106 Å². The molecule has 0 saturated heterocycles. The summed E-state index contributed by atoms with van der Waals surface area (Å²) >= 11 is 0.690. The largest absolute Gasteiger partial charge is 0.490 e. The first-order valence-electron chi connectivity index (χ1n) is 13.5. The van der Waals surface area contributed by atoms with Gasteiger partial charge in [0.25, 0.3) is 5.91 Å². The van der Waals surface area contributed by atoms with Crippen LogP contribution in [0.25, 0.3) is 11.1 Å². The van der Waals surface area contributed by atoms with Crippen LogP contribution in [0.3, 0.4) is 0 Å². The molecule has 4 aromatic rings. The number of amidine groups is 1. The predicted octanol–water partition coefficient (Wildman–Crippen LogP) is 4.24. The minimum Gasteiger partial charge on any atom is -0.461 e. The van der Waals surface area contributed by atoms with Crippen LogP contribution in [0.15, 0.2) is 83.1 Å². The Balaban J connectivity index is 1.78. The number of alkyl halides is 3. The molecule has 1 aromatic heterocycles. The van der Waals surface area contributed by atoms with Crippen molar-refractivity contribution >= 4 is 45.0 Å². The number of nitrogen functional groups attached to an aromatic ring is 1. The number of carbonyl (C=O) groups is 3. The molecule has 0 radical (unpaired) electrons. The van der Waals surface area contributed by atoms with Crippen LogP contribution < -0.4 is 16.2 Å². The molecule has 2 atom stereocenters. The summed E-state index contributed by atoms with van der Waals surface area (Å²) in [5.74, 6) is -4.70. The molecule has 17 heteroatoms. The highest BCUT2D eigenvalue weighted by molar-refractivity contribution is 7.89. The maximum Gasteiger partial charge on any atom is 0.490 e. The number of nitrogens with one attached hydrogen (secondary N) is 2. The number of nitrogens with two attached hydrogens (primary N) is 2. The molecule has 0 saturated carbocycles. The molecule has 0 aliphatic heterocycles. The number of carbonyl (C=O) groups excluding carboxylic acids is 3. The van der Waals surface area contributed by atoms with Crippen molar-refractivity contribution < 1.29 is 45.4 Å². The number of sulfonamides is 1. The van der Waals surface area contributed by atoms with Gasteiger partial charge in [-0.2, -0.15) is 13.2 Å². The minimum atomic E-state index is -5.43. The van der Waals surface area contributed by atoms with Gasteiger partial charge in [-0.15, -0.1) is 11.3 Å². The van der Waals surface area contributed by atoms with Gasteiger partial charge in [0.2, 0.25) is 10.0 Å². The summed E-state index contributed by atoms with van der Waals surface area (Å²) in [5.41, 5.74) is 6.22. The normalized spacial score (nSPS) is 12.9. The molecule has 6 N–H and O–H groups in total. The molecular formula is C30H26F3N5O7S2. The molecule has 12 nitrogen and oxygen atoms in total. The van der Waals surface area contributed by atoms with Gasteiger partial charge in [0.05, 0.1) is 17.5 Å². The van der Waals surface area contributed by atoms with Crippen molar-refractivity contribution in [2.45, 2.75) is 30.1 Å². The number of hydrogen-bond acceptors (Lipinski definition) is 10. The number of rotatable bonds is 11. The summed E-state index contributed by atoms with van der Waals surface area (Å²) in [7, 11) is -4.09. The summed E-state index contributed by atoms with van der Waals surface area (Å²) in [6.07, 6.45) is -7.36. The maximum atomic E-state index is 13.6. The van der Waals surface area contributed by atoms with Crippen LogP contribution in [0.2, 0.25) is 0 Å². The van der Waals surface area contributed by atoms with E-state index in [-0.39, 0.29) is 44.5 Å². The zero-order chi connectivity index (χ0) is 34.5. The predicted molar refractivity (Wildman–Crippen MR) is 164 cm³/mol. The number of aromatic nitrogens is 1. The second kappa shape index (κ2) is 14.1. The monoisotopic (exact) mass is 689 g/mol. The average Bonchev–Trinajstić information content (AvgIpc) is 3.52. The standard InChI is InChI=1S/C30H26F3N5O7S2/c1-2-44-28(40)21-15-46-27(37-21)24(45-29(41)30(31,32)33)23(18-6-5-7-19(14-18)25(34)35)38-26(39)17-12-10-16(11-13-17)20-8-3-4-9-22(20)47(36,42)43/h3-15,23-24H,2H2,1H3,(H3,34,35)(H,38,39)(H2,36,42,43). The number of nitrogens with zero attached hydrogens (tertiary/aromatic N) is 1. The Morgan fingerprint density at radius 3 is 2.32 bits per heavy atom. The topological polar surface area (TPSA) is 205 Å². The van der Waals surface area contributed by atoms with Gasteiger partial charge in [-0.1, -0.05) is 48.5 Å². The molecule has 0 aliphatic rings. The zero-order valence-corrected chi connectivity index (χ0v) is 25.9. The van der Waals surface area contributed by atoms with Gasteiger partial charge in [-0.05, 0) is 42.3 Å². The van der Waals surface area contributed by atoms with Crippen LogP contribution in [-0.2, 0) is 24.3 Å². The van der Waals surface area contributed by atoms with E-state index in [4.69, 9.17) is 25.8 Å². The number of hydrogen-bond donors (Lipinski definition) is 4. The third-order valence-electron chi connectivity index (χ3n) is 6.51. The Labute approximate surface area is 270 Å². The number of ether oxygens (including phenoxy) is 2. The highest BCUT2D eigenvalue weighted by Crippen LogP contribution is 2.37. The molecule has 0 fully saturated rings. The quantitative estimate of drug-likeness (QED) is 0.101. The van der Waals surface area contributed by atoms with Crippen molar-refractivity contribution in [3.63, 3.8) is 0 Å². The van der Waals surface area contributed by atoms with Gasteiger partial charge in [-0.3, -0.25) is 10.2 Å². The lowest BCUT2D eigenvalue weighted by Crippen LogP contribution is -2.37. The lowest BCUT2D eigenvalue weighted by Gasteiger charge is -2.28. The van der Waals surface area contributed by atoms with Crippen LogP contribution in [0.5, 0.6) is 0 Å². The van der Waals surface area contributed by atoms with Gasteiger partial charge < -0.3 is 20.5 Å². The van der Waals surface area contributed by atoms with E-state index in [9.17, 15) is 36.0 Å². The molecule has 2 unspecified atom stereocenters. The summed E-state index contributed by atoms with van der Waals surface area (Å²) in [5, 5.41) is 16.6. The summed E-state index contributed by atoms with van der Waals surface area (Å²) in [6.45, 7) is 1.53. The molecular weight excluding hydrogens is 663 g/mol. The average molecular weight is 690 g/mol. The molecule has 0 aliphatic carbocycles. The van der Waals surface area contributed by atoms with E-state index in [0.29, 0.717) is 16.9 Å². The van der Waals surface area contributed by atoms with Crippen LogP contribution >= 0.6 is 11.3 Å². The molecule has 47 heavy (non-hydrogen) atoms. The summed E-state index contributed by atoms with van der Waals surface area (Å²) in [4.78, 5) is 41.9. The number of primary sulfonamides is 1. The van der Waals surface area contributed by atoms with E-state index in [2.05, 4.69) is 10.3 Å². The third kappa shape index (κ3) is 8.37. The molecule has 0 bridgehead atoms. The molecule has 1 amide bonds. The lowest BCUT2D eigenvalue weighted by atomic mass is 9.98. The fourth-order valence-corrected chi connectivity index (χ4v) is 5.98. The Bertz CT molecular complexity index is 1930. The van der Waals surface area contributed by atoms with Gasteiger partial charge >= 0.3 is 18.1 Å². The molecule has 1 heterocycles. The van der Waals surface area contributed by atoms with Gasteiger partial charge in [0, 0.05) is 22.1 Å². The first-order valence-corrected chi connectivity index (χ1v) is 15.9. The van der Waals surface area contributed by atoms with E-state index in [1.807, 2.05) is 0 Å². The highest BCUT2D eigenvalue weighted by Gasteiger charge is 2.45. The SMILES string of the molecule is CCOC(=O)c1csc(C(OC(=O)C(F)(F)F)C(NC(=O)c2ccc(-c3ccccc3S(N)(=O)=O)cc2)c2cccc(C(=N)N)c2)n1. The number of halogens is 3. The van der Waals surface area contributed by atoms with Crippen LogP contribution in [0.4, 0.5) is 13.2 Å². The van der Waals surface area contributed by atoms with Gasteiger partial charge in [0.1, 0.15) is 10.8 Å². The van der Waals surface area contributed by atoms with E-state index >= 15 is 0 Å². The van der Waals surface area contributed by atoms with Crippen LogP contribution in [0, 0.1) is 5.41 Å². The second-order valence-corrected chi connectivity index (χ2v) is 12.1. The van der Waals surface area contributed by atoms with Gasteiger partial charge in [-0.25, -0.2) is 28.1 Å². The third-order valence-corrected chi connectivity index (χ3v) is 8.39. The van der Waals surface area contributed by atoms with E-state index in [0.717, 1.165) is 0 Å². The Hall–Kier alpha value is -5.13. The van der Waals surface area contributed by atoms with Crippen molar-refractivity contribution in [1.82, 2.24) is 10.3 Å². The smallest absolute Gasteiger partial charge is 0.461 e. The Morgan fingerprint density at radius 1 is 1.02 bits per heavy atom. The summed E-state index contributed by atoms with van der Waals surface area (Å²) < 4.78 is 74.3. The number of amides is 1. The lowest BCUT2D eigenvalue weighted by molar-refractivity contribution is -0.206. The highest BCUT2D eigenvalue weighted by atomic mass is 32.2. The van der Waals surface area contributed by atoms with Crippen molar-refractivity contribution in [2.24, 2.45) is 10.9 Å². The van der Waals surface area contributed by atoms with E-state index < -0.39 is 52.0 Å². The molecule has 4 rings (SSSR count). The molecule has 3 aromatic carbocycles. The number of benzene rings is 3. The van der Waals surface area contributed by atoms with Crippen LogP contribution in [-0.4, -0.2) is 49.9 Å². The second-order valence-electron chi connectivity index (χ2n) is 9.72. The maximum absolute atomic E-state index is 13.6. The minimum absolute atomic E-state index is 0.0122. The van der Waals surface area contributed by atoms with E-state index in [1.165, 1.54) is 79.0 Å². The summed E-state index contributed by atoms with van der Waals surface area (Å²) in [6, 6.07) is 15.5. The molecule has 246 valence electrons. The van der Waals surface area contributed by atoms with Crippen molar-refractivity contribution in [2.75, 3.05) is 6.61 Å². The van der Waals surface area contributed by atoms with Crippen molar-refractivity contribution in [1.29, 1.82) is 5.41 Å². The zero-order valence-electron chi connectivity index (χ0n) is 24.3. The Morgan fingerprint density at radius 2 is 1.70 bits per heavy atom. The van der Waals surface area contributed by atoms with E-state index in [1.54, 1.807) is 6.07 Å². The first kappa shape index (κ1) is 34.7. The fourth-order valence-electron chi connectivity index (χ4n) is 4.37. The fraction of sp³-hybridized carbons (Fsp3) is 0.167. The molecule has 0 spiro atoms. The van der Waals surface area contributed by atoms with Crippen LogP contribution in [0.1, 0.15) is 56.1 Å². The first-order chi connectivity index (χ1) is 22.1. The number of thiazole rings is 1. The van der Waals surface area contributed by atoms with Crippen molar-refractivity contribution in [3.8, 4) is 11.1 Å². The number of esters is 2. The Kier molecular flexibility index (Phi) is 10.4. The van der Waals surface area contributed by atoms with Gasteiger partial charge in [0.15, 0.2) is 11.8 Å².